The number of aromatic amines is 2. The Morgan fingerprint density at radius 2 is 1.90 bits per heavy atom. The zero-order chi connectivity index (χ0) is 13.8. The number of rotatable bonds is 1. The zero-order valence-corrected chi connectivity index (χ0v) is 12.5. The predicted molar refractivity (Wildman–Crippen MR) is 89.2 cm³/mol. The number of hydrogen-bond acceptors (Lipinski definition) is 2. The van der Waals surface area contributed by atoms with Gasteiger partial charge in [0, 0.05) is 9.86 Å². The van der Waals surface area contributed by atoms with Gasteiger partial charge in [-0.05, 0) is 18.2 Å². The van der Waals surface area contributed by atoms with Gasteiger partial charge in [-0.2, -0.15) is 0 Å². The molecule has 20 heavy (non-hydrogen) atoms. The number of unbranched alkanes of at least 4 members (excludes halogenated alkanes) is 1. The lowest BCUT2D eigenvalue weighted by Gasteiger charge is -1.98. The van der Waals surface area contributed by atoms with Crippen LogP contribution in [-0.2, 0) is 0 Å². The third-order valence-corrected chi connectivity index (χ3v) is 3.31. The maximum atomic E-state index is 11.2. The normalized spacial score (nSPS) is 9.95. The van der Waals surface area contributed by atoms with E-state index in [1.54, 1.807) is 6.20 Å². The lowest BCUT2D eigenvalue weighted by molar-refractivity contribution is 0.886. The first-order valence-electron chi connectivity index (χ1n) is 6.32. The number of nitrogens with one attached hydrogen (secondary N) is 2. The Hall–Kier alpha value is -1.62. The molecule has 3 aromatic rings. The van der Waals surface area contributed by atoms with E-state index in [4.69, 9.17) is 0 Å². The number of fused-ring (bicyclic) bond motifs is 3. The van der Waals surface area contributed by atoms with Crippen molar-refractivity contribution in [3.05, 3.63) is 39.4 Å². The fraction of sp³-hybridized carbons (Fsp3) is 0.333. The Morgan fingerprint density at radius 1 is 1.20 bits per heavy atom. The van der Waals surface area contributed by atoms with Crippen LogP contribution < -0.4 is 5.69 Å². The molecule has 0 radical (unpaired) electrons. The number of imidazole rings is 1. The number of halogens is 1. The SMILES string of the molecule is C.CCCC.O=c1[nH]c2cnc3ccc(Br)cc3c2[nH]1. The van der Waals surface area contributed by atoms with Crippen molar-refractivity contribution in [2.24, 2.45) is 0 Å². The molecule has 2 heterocycles. The van der Waals surface area contributed by atoms with Gasteiger partial charge in [0.25, 0.3) is 0 Å². The van der Waals surface area contributed by atoms with Crippen LogP contribution in [0.1, 0.15) is 34.1 Å². The lowest BCUT2D eigenvalue weighted by atomic mass is 10.2. The molecule has 0 saturated carbocycles. The number of H-pyrrole nitrogens is 2. The van der Waals surface area contributed by atoms with Gasteiger partial charge in [0.1, 0.15) is 0 Å². The van der Waals surface area contributed by atoms with Gasteiger partial charge in [-0.25, -0.2) is 4.79 Å². The molecule has 0 amide bonds. The Labute approximate surface area is 126 Å². The smallest absolute Gasteiger partial charge is 0.305 e. The summed E-state index contributed by atoms with van der Waals surface area (Å²) < 4.78 is 0.964. The van der Waals surface area contributed by atoms with Crippen LogP contribution in [0.25, 0.3) is 21.9 Å². The molecule has 0 bridgehead atoms. The van der Waals surface area contributed by atoms with Gasteiger partial charge in [-0.15, -0.1) is 0 Å². The summed E-state index contributed by atoms with van der Waals surface area (Å²) in [7, 11) is 0. The first-order valence-corrected chi connectivity index (χ1v) is 7.11. The average Bonchev–Trinajstić information content (AvgIpc) is 2.80. The summed E-state index contributed by atoms with van der Waals surface area (Å²) in [6.07, 6.45) is 4.30. The largest absolute Gasteiger partial charge is 0.323 e. The van der Waals surface area contributed by atoms with Crippen LogP contribution >= 0.6 is 15.9 Å². The van der Waals surface area contributed by atoms with Gasteiger partial charge >= 0.3 is 5.69 Å². The summed E-state index contributed by atoms with van der Waals surface area (Å²) in [5.41, 5.74) is 2.18. The first kappa shape index (κ1) is 16.4. The predicted octanol–water partition coefficient (Wildman–Crippen LogP) is 4.61. The molecule has 108 valence electrons. The Morgan fingerprint density at radius 3 is 2.55 bits per heavy atom. The molecule has 0 saturated heterocycles. The highest BCUT2D eigenvalue weighted by molar-refractivity contribution is 9.10. The molecular weight excluding hydrogens is 318 g/mol. The van der Waals surface area contributed by atoms with Gasteiger partial charge in [0.2, 0.25) is 0 Å². The van der Waals surface area contributed by atoms with E-state index in [1.807, 2.05) is 18.2 Å². The van der Waals surface area contributed by atoms with Gasteiger partial charge in [-0.3, -0.25) is 4.98 Å². The highest BCUT2D eigenvalue weighted by Gasteiger charge is 2.04. The molecule has 0 fully saturated rings. The van der Waals surface area contributed by atoms with Crippen molar-refractivity contribution in [3.63, 3.8) is 0 Å². The second-order valence-corrected chi connectivity index (χ2v) is 5.20. The highest BCUT2D eigenvalue weighted by atomic mass is 79.9. The van der Waals surface area contributed by atoms with Crippen LogP contribution in [0.4, 0.5) is 0 Å². The summed E-state index contributed by atoms with van der Waals surface area (Å²) in [5.74, 6) is 0. The molecule has 0 atom stereocenters. The van der Waals surface area contributed by atoms with Crippen molar-refractivity contribution in [3.8, 4) is 0 Å². The molecule has 3 rings (SSSR count). The lowest BCUT2D eigenvalue weighted by Crippen LogP contribution is -1.99. The number of nitrogens with zero attached hydrogens (tertiary/aromatic N) is 1. The van der Waals surface area contributed by atoms with Crippen molar-refractivity contribution < 1.29 is 0 Å². The van der Waals surface area contributed by atoms with E-state index in [9.17, 15) is 4.79 Å². The fourth-order valence-electron chi connectivity index (χ4n) is 1.66. The second-order valence-electron chi connectivity index (χ2n) is 4.29. The van der Waals surface area contributed by atoms with E-state index in [0.29, 0.717) is 0 Å². The Bertz CT molecular complexity index is 744. The molecule has 0 aliphatic carbocycles. The summed E-state index contributed by atoms with van der Waals surface area (Å²) in [4.78, 5) is 20.9. The summed E-state index contributed by atoms with van der Waals surface area (Å²) in [6.45, 7) is 4.36. The van der Waals surface area contributed by atoms with Crippen LogP contribution in [0.5, 0.6) is 0 Å². The fourth-order valence-corrected chi connectivity index (χ4v) is 2.02. The standard InChI is InChI=1S/C10H6BrN3O.C4H10.CH4/c11-5-1-2-7-6(3-5)9-8(4-12-7)13-10(15)14-9;1-3-4-2;/h1-4H,(H2,13,14,15);3-4H2,1-2H3;1H4. The third-order valence-electron chi connectivity index (χ3n) is 2.82. The first-order chi connectivity index (χ1) is 9.15. The number of benzene rings is 1. The molecule has 4 nitrogen and oxygen atoms in total. The summed E-state index contributed by atoms with van der Waals surface area (Å²) >= 11 is 3.39. The van der Waals surface area contributed by atoms with Gasteiger partial charge < -0.3 is 9.97 Å². The quantitative estimate of drug-likeness (QED) is 0.681. The van der Waals surface area contributed by atoms with E-state index in [-0.39, 0.29) is 13.1 Å². The number of hydrogen-bond donors (Lipinski definition) is 2. The van der Waals surface area contributed by atoms with Crippen LogP contribution in [0.2, 0.25) is 0 Å². The molecule has 5 heteroatoms. The average molecular weight is 338 g/mol. The monoisotopic (exact) mass is 337 g/mol. The summed E-state index contributed by atoms with van der Waals surface area (Å²) in [6, 6.07) is 5.77. The van der Waals surface area contributed by atoms with Crippen molar-refractivity contribution in [1.82, 2.24) is 15.0 Å². The van der Waals surface area contributed by atoms with Gasteiger partial charge in [-0.1, -0.05) is 50.0 Å². The molecule has 0 aliphatic rings. The maximum absolute atomic E-state index is 11.2. The van der Waals surface area contributed by atoms with E-state index < -0.39 is 0 Å². The van der Waals surface area contributed by atoms with E-state index in [0.717, 1.165) is 26.4 Å². The minimum atomic E-state index is -0.209. The number of pyridine rings is 1. The van der Waals surface area contributed by atoms with Crippen LogP contribution in [0.15, 0.2) is 33.7 Å². The van der Waals surface area contributed by atoms with Crippen LogP contribution in [0.3, 0.4) is 0 Å². The van der Waals surface area contributed by atoms with Crippen LogP contribution in [0, 0.1) is 0 Å². The summed E-state index contributed by atoms with van der Waals surface area (Å²) in [5, 5.41) is 0.931. The van der Waals surface area contributed by atoms with Crippen molar-refractivity contribution in [1.29, 1.82) is 0 Å². The molecule has 0 unspecified atom stereocenters. The maximum Gasteiger partial charge on any atom is 0.323 e. The second kappa shape index (κ2) is 7.24. The van der Waals surface area contributed by atoms with Crippen LogP contribution in [-0.4, -0.2) is 15.0 Å². The minimum absolute atomic E-state index is 0. The van der Waals surface area contributed by atoms with E-state index in [1.165, 1.54) is 12.8 Å². The zero-order valence-electron chi connectivity index (χ0n) is 11.0. The van der Waals surface area contributed by atoms with Crippen molar-refractivity contribution in [2.75, 3.05) is 0 Å². The number of aromatic nitrogens is 3. The minimum Gasteiger partial charge on any atom is -0.305 e. The molecule has 2 aromatic heterocycles. The third kappa shape index (κ3) is 3.48. The Balaban J connectivity index is 0.000000359. The van der Waals surface area contributed by atoms with Gasteiger partial charge in [0.15, 0.2) is 0 Å². The molecule has 2 N–H and O–H groups in total. The Kier molecular flexibility index (Phi) is 5.95. The topological polar surface area (TPSA) is 61.5 Å². The highest BCUT2D eigenvalue weighted by Crippen LogP contribution is 2.23. The molecule has 0 aliphatic heterocycles. The van der Waals surface area contributed by atoms with Gasteiger partial charge in [0.05, 0.1) is 22.7 Å². The molecule has 0 spiro atoms. The van der Waals surface area contributed by atoms with E-state index >= 15 is 0 Å². The van der Waals surface area contributed by atoms with Crippen molar-refractivity contribution >= 4 is 37.9 Å². The molecule has 1 aromatic carbocycles. The van der Waals surface area contributed by atoms with E-state index in [2.05, 4.69) is 44.7 Å². The van der Waals surface area contributed by atoms with Crippen molar-refractivity contribution in [2.45, 2.75) is 34.1 Å². The molecular formula is C15H20BrN3O.